The van der Waals surface area contributed by atoms with Crippen molar-refractivity contribution < 1.29 is 47.8 Å². The van der Waals surface area contributed by atoms with Gasteiger partial charge in [-0.15, -0.1) is 0 Å². The van der Waals surface area contributed by atoms with Crippen LogP contribution in [-0.2, 0) is 32.7 Å². The Morgan fingerprint density at radius 1 is 0.566 bits per heavy atom. The smallest absolute Gasteiger partial charge is 0.462 e. The number of phosphoric acid groups is 1. The molecule has 0 aromatic rings. The number of hydrogen-bond donors (Lipinski definition) is 3. The van der Waals surface area contributed by atoms with E-state index in [2.05, 4.69) is 67.0 Å². The van der Waals surface area contributed by atoms with Crippen molar-refractivity contribution in [1.82, 2.24) is 0 Å². The molecule has 0 aliphatic heterocycles. The van der Waals surface area contributed by atoms with E-state index in [4.69, 9.17) is 19.1 Å². The lowest BCUT2D eigenvalue weighted by Crippen LogP contribution is -2.29. The van der Waals surface area contributed by atoms with E-state index in [-0.39, 0.29) is 19.4 Å². The lowest BCUT2D eigenvalue weighted by molar-refractivity contribution is -0.161. The fourth-order valence-electron chi connectivity index (χ4n) is 5.23. The third-order valence-corrected chi connectivity index (χ3v) is 9.41. The van der Waals surface area contributed by atoms with E-state index in [0.29, 0.717) is 12.8 Å². The Morgan fingerprint density at radius 2 is 0.981 bits per heavy atom. The second-order valence-corrected chi connectivity index (χ2v) is 15.1. The molecule has 0 fully saturated rings. The molecule has 0 aromatic heterocycles. The van der Waals surface area contributed by atoms with Crippen LogP contribution >= 0.6 is 7.82 Å². The minimum absolute atomic E-state index is 0.165. The van der Waals surface area contributed by atoms with Crippen molar-refractivity contribution in [2.24, 2.45) is 0 Å². The number of hydrogen-bond acceptors (Lipinski definition) is 9. The summed E-state index contributed by atoms with van der Waals surface area (Å²) in [5.41, 5.74) is 0. The number of ether oxygens (including phenoxy) is 2. The summed E-state index contributed by atoms with van der Waals surface area (Å²) in [5.74, 6) is -0.982. The van der Waals surface area contributed by atoms with Crippen LogP contribution in [0.15, 0.2) is 48.6 Å². The molecule has 10 nitrogen and oxygen atoms in total. The number of unbranched alkanes of at least 4 members (excludes halogenated alkanes) is 16. The van der Waals surface area contributed by atoms with Gasteiger partial charge in [0.05, 0.1) is 19.8 Å². The second kappa shape index (κ2) is 38.2. The Kier molecular flexibility index (Phi) is 36.7. The van der Waals surface area contributed by atoms with Crippen LogP contribution in [0.3, 0.4) is 0 Å². The molecule has 0 aliphatic rings. The molecular weight excluding hydrogens is 695 g/mol. The summed E-state index contributed by atoms with van der Waals surface area (Å²) >= 11 is 0. The number of allylic oxidation sites excluding steroid dienone is 8. The number of esters is 2. The van der Waals surface area contributed by atoms with Gasteiger partial charge in [0.2, 0.25) is 0 Å². The Bertz CT molecular complexity index is 1030. The fourth-order valence-corrected chi connectivity index (χ4v) is 6.02. The number of aliphatic hydroxyl groups is 2. The molecule has 0 rings (SSSR count). The summed E-state index contributed by atoms with van der Waals surface area (Å²) < 4.78 is 32.6. The van der Waals surface area contributed by atoms with Crippen LogP contribution in [0.1, 0.15) is 168 Å². The zero-order valence-corrected chi connectivity index (χ0v) is 34.1. The molecule has 0 radical (unpaired) electrons. The Balaban J connectivity index is 4.42. The summed E-state index contributed by atoms with van der Waals surface area (Å²) in [6.45, 7) is 2.28. The molecule has 0 amide bonds. The van der Waals surface area contributed by atoms with Crippen LogP contribution < -0.4 is 0 Å². The first-order valence-corrected chi connectivity index (χ1v) is 22.1. The summed E-state index contributed by atoms with van der Waals surface area (Å²) in [7, 11) is -4.63. The van der Waals surface area contributed by atoms with E-state index < -0.39 is 51.8 Å². The Morgan fingerprint density at radius 3 is 1.57 bits per heavy atom. The lowest BCUT2D eigenvalue weighted by atomic mass is 10.1. The van der Waals surface area contributed by atoms with Crippen molar-refractivity contribution in [3.8, 4) is 0 Å². The predicted molar refractivity (Wildman–Crippen MR) is 214 cm³/mol. The molecule has 11 heteroatoms. The SMILES string of the molecule is CCCCC/C=C\C/C=C\C/C=C\CCCCC(=O)OC[C@H](COP(=O)(O)OC[C@@H](O)CO)OC(=O)CCCCCCC/C=C\CCCCCCCC. The van der Waals surface area contributed by atoms with Crippen LogP contribution in [0.2, 0.25) is 0 Å². The number of carbonyl (C=O) groups is 2. The Labute approximate surface area is 322 Å². The normalized spacial score (nSPS) is 14.4. The molecule has 0 heterocycles. The van der Waals surface area contributed by atoms with E-state index >= 15 is 0 Å². The highest BCUT2D eigenvalue weighted by Crippen LogP contribution is 2.43. The van der Waals surface area contributed by atoms with Gasteiger partial charge in [0.15, 0.2) is 6.10 Å². The summed E-state index contributed by atoms with van der Waals surface area (Å²) in [6, 6.07) is 0. The summed E-state index contributed by atoms with van der Waals surface area (Å²) in [5, 5.41) is 18.3. The fraction of sp³-hybridized carbons (Fsp3) is 0.762. The van der Waals surface area contributed by atoms with Crippen molar-refractivity contribution in [1.29, 1.82) is 0 Å². The topological polar surface area (TPSA) is 149 Å². The summed E-state index contributed by atoms with van der Waals surface area (Å²) in [4.78, 5) is 34.9. The van der Waals surface area contributed by atoms with Crippen molar-refractivity contribution >= 4 is 19.8 Å². The highest BCUT2D eigenvalue weighted by molar-refractivity contribution is 7.47. The van der Waals surface area contributed by atoms with E-state index in [9.17, 15) is 24.2 Å². The highest BCUT2D eigenvalue weighted by atomic mass is 31.2. The monoisotopic (exact) mass is 771 g/mol. The van der Waals surface area contributed by atoms with E-state index in [1.54, 1.807) is 0 Å². The molecule has 0 aliphatic carbocycles. The van der Waals surface area contributed by atoms with Gasteiger partial charge in [0, 0.05) is 12.8 Å². The zero-order chi connectivity index (χ0) is 39.1. The molecule has 1 unspecified atom stereocenters. The van der Waals surface area contributed by atoms with Crippen molar-refractivity contribution in [3.05, 3.63) is 48.6 Å². The van der Waals surface area contributed by atoms with E-state index in [1.165, 1.54) is 57.8 Å². The first-order valence-electron chi connectivity index (χ1n) is 20.6. The average Bonchev–Trinajstić information content (AvgIpc) is 3.14. The molecule has 0 saturated carbocycles. The number of carbonyl (C=O) groups excluding carboxylic acids is 2. The molecule has 53 heavy (non-hydrogen) atoms. The first-order chi connectivity index (χ1) is 25.7. The van der Waals surface area contributed by atoms with Crippen LogP contribution in [0.5, 0.6) is 0 Å². The number of phosphoric ester groups is 1. The average molecular weight is 771 g/mol. The van der Waals surface area contributed by atoms with E-state index in [0.717, 1.165) is 70.6 Å². The zero-order valence-electron chi connectivity index (χ0n) is 33.2. The second-order valence-electron chi connectivity index (χ2n) is 13.7. The van der Waals surface area contributed by atoms with Crippen molar-refractivity contribution in [2.45, 2.75) is 180 Å². The van der Waals surface area contributed by atoms with E-state index in [1.807, 2.05) is 0 Å². The Hall–Kier alpha value is -2.07. The predicted octanol–water partition coefficient (Wildman–Crippen LogP) is 10.6. The van der Waals surface area contributed by atoms with Gasteiger partial charge < -0.3 is 24.6 Å². The quantitative estimate of drug-likeness (QED) is 0.0240. The maximum Gasteiger partial charge on any atom is 0.472 e. The molecular formula is C42H75O10P. The molecule has 0 saturated heterocycles. The van der Waals surface area contributed by atoms with Gasteiger partial charge in [-0.3, -0.25) is 18.6 Å². The maximum atomic E-state index is 12.6. The van der Waals surface area contributed by atoms with Crippen LogP contribution in [-0.4, -0.2) is 65.7 Å². The third kappa shape index (κ3) is 38.0. The third-order valence-electron chi connectivity index (χ3n) is 8.46. The van der Waals surface area contributed by atoms with Crippen molar-refractivity contribution in [2.75, 3.05) is 26.4 Å². The molecule has 3 atom stereocenters. The minimum Gasteiger partial charge on any atom is -0.462 e. The van der Waals surface area contributed by atoms with Gasteiger partial charge in [-0.1, -0.05) is 127 Å². The van der Waals surface area contributed by atoms with Crippen molar-refractivity contribution in [3.63, 3.8) is 0 Å². The molecule has 308 valence electrons. The van der Waals surface area contributed by atoms with Gasteiger partial charge in [-0.25, -0.2) is 4.57 Å². The van der Waals surface area contributed by atoms with Crippen LogP contribution in [0, 0.1) is 0 Å². The van der Waals surface area contributed by atoms with Gasteiger partial charge in [-0.05, 0) is 77.0 Å². The largest absolute Gasteiger partial charge is 0.472 e. The van der Waals surface area contributed by atoms with Gasteiger partial charge >= 0.3 is 19.8 Å². The van der Waals surface area contributed by atoms with Crippen LogP contribution in [0.4, 0.5) is 0 Å². The molecule has 0 spiro atoms. The lowest BCUT2D eigenvalue weighted by Gasteiger charge is -2.20. The molecule has 0 aromatic carbocycles. The number of rotatable bonds is 38. The minimum atomic E-state index is -4.63. The molecule has 0 bridgehead atoms. The highest BCUT2D eigenvalue weighted by Gasteiger charge is 2.27. The maximum absolute atomic E-state index is 12.6. The summed E-state index contributed by atoms with van der Waals surface area (Å²) in [6.07, 6.45) is 39.3. The molecule has 3 N–H and O–H groups in total. The van der Waals surface area contributed by atoms with Gasteiger partial charge in [0.25, 0.3) is 0 Å². The van der Waals surface area contributed by atoms with Gasteiger partial charge in [0.1, 0.15) is 12.7 Å². The standard InChI is InChI=1S/C42H75O10P/c1-3-5-7-9-11-13-15-17-19-21-23-25-27-29-31-33-41(45)49-37-40(38-51-53(47,48)50-36-39(44)35-43)52-42(46)34-32-30-28-26-24-22-20-18-16-14-12-10-8-6-4-2/h11,13,17-20,23,25,39-40,43-44H,3-10,12,14-16,21-22,24,26-38H2,1-2H3,(H,47,48)/b13-11-,19-17-,20-18-,25-23-/t39-,40+/m0/s1. The van der Waals surface area contributed by atoms with Crippen LogP contribution in [0.25, 0.3) is 0 Å². The number of aliphatic hydroxyl groups excluding tert-OH is 2. The first kappa shape index (κ1) is 50.9. The van der Waals surface area contributed by atoms with Gasteiger partial charge in [-0.2, -0.15) is 0 Å².